The van der Waals surface area contributed by atoms with Gasteiger partial charge >= 0.3 is 5.97 Å². The summed E-state index contributed by atoms with van der Waals surface area (Å²) in [6, 6.07) is 3.78. The molecule has 0 saturated carbocycles. The number of Topliss-reactive ketones (excluding diaryl/α,β-unsaturated/α-hetero) is 1. The number of methoxy groups -OCH3 is 1. The predicted molar refractivity (Wildman–Crippen MR) is 96.0 cm³/mol. The van der Waals surface area contributed by atoms with Gasteiger partial charge in [-0.2, -0.15) is 5.10 Å². The van der Waals surface area contributed by atoms with Crippen molar-refractivity contribution in [1.82, 2.24) is 5.01 Å². The third kappa shape index (κ3) is 4.01. The van der Waals surface area contributed by atoms with Crippen molar-refractivity contribution in [3.05, 3.63) is 23.8 Å². The molecular weight excluding hydrogens is 338 g/mol. The van der Waals surface area contributed by atoms with Gasteiger partial charge in [-0.15, -0.1) is 0 Å². The number of ether oxygens (including phenoxy) is 2. The van der Waals surface area contributed by atoms with Gasteiger partial charge in [0, 0.05) is 18.5 Å². The molecule has 0 radical (unpaired) electrons. The lowest BCUT2D eigenvalue weighted by atomic mass is 10.0. The van der Waals surface area contributed by atoms with E-state index in [9.17, 15) is 14.4 Å². The van der Waals surface area contributed by atoms with E-state index in [0.717, 1.165) is 5.01 Å². The Morgan fingerprint density at radius 2 is 2.04 bits per heavy atom. The Morgan fingerprint density at radius 3 is 2.65 bits per heavy atom. The molecule has 0 aliphatic carbocycles. The fourth-order valence-electron chi connectivity index (χ4n) is 2.64. The van der Waals surface area contributed by atoms with Crippen molar-refractivity contribution < 1.29 is 23.9 Å². The number of hydrogen-bond acceptors (Lipinski definition) is 7. The van der Waals surface area contributed by atoms with Gasteiger partial charge in [-0.25, -0.2) is 9.80 Å². The summed E-state index contributed by atoms with van der Waals surface area (Å²) in [4.78, 5) is 37.3. The molecule has 8 heteroatoms. The van der Waals surface area contributed by atoms with Gasteiger partial charge < -0.3 is 15.2 Å². The number of amides is 1. The van der Waals surface area contributed by atoms with E-state index in [2.05, 4.69) is 5.10 Å². The lowest BCUT2D eigenvalue weighted by Gasteiger charge is -2.19. The quantitative estimate of drug-likeness (QED) is 0.450. The first kappa shape index (κ1) is 19.4. The molecule has 26 heavy (non-hydrogen) atoms. The second-order valence-electron chi connectivity index (χ2n) is 5.79. The Morgan fingerprint density at radius 1 is 1.31 bits per heavy atom. The molecule has 140 valence electrons. The maximum atomic E-state index is 12.8. The standard InChI is InChI=1S/C18H23N3O5/c1-4-6-16(22)21-15(18(24)26-5-2)10-14(20-21)17(23)12-9-11(25-3)7-8-13(12)19/h7-9,15H,4-6,10,19H2,1-3H3. The van der Waals surface area contributed by atoms with E-state index in [0.29, 0.717) is 12.2 Å². The van der Waals surface area contributed by atoms with Crippen molar-refractivity contribution in [3.8, 4) is 5.75 Å². The predicted octanol–water partition coefficient (Wildman–Crippen LogP) is 1.78. The molecule has 1 aliphatic rings. The van der Waals surface area contributed by atoms with Crippen LogP contribution >= 0.6 is 0 Å². The number of carbonyl (C=O) groups excluding carboxylic acids is 3. The number of ketones is 1. The molecule has 8 nitrogen and oxygen atoms in total. The van der Waals surface area contributed by atoms with Gasteiger partial charge in [-0.1, -0.05) is 6.92 Å². The van der Waals surface area contributed by atoms with Crippen LogP contribution in [0.4, 0.5) is 5.69 Å². The van der Waals surface area contributed by atoms with Crippen LogP contribution in [0.1, 0.15) is 43.5 Å². The number of hydrogen-bond donors (Lipinski definition) is 1. The normalized spacial score (nSPS) is 16.2. The minimum absolute atomic E-state index is 0.0101. The van der Waals surface area contributed by atoms with Crippen molar-refractivity contribution in [3.63, 3.8) is 0 Å². The van der Waals surface area contributed by atoms with E-state index in [1.54, 1.807) is 19.1 Å². The number of nitrogens with zero attached hydrogens (tertiary/aromatic N) is 2. The highest BCUT2D eigenvalue weighted by Crippen LogP contribution is 2.25. The van der Waals surface area contributed by atoms with Crippen LogP contribution in [0.25, 0.3) is 0 Å². The zero-order chi connectivity index (χ0) is 19.3. The van der Waals surface area contributed by atoms with Gasteiger partial charge in [0.1, 0.15) is 11.5 Å². The van der Waals surface area contributed by atoms with Gasteiger partial charge in [0.25, 0.3) is 0 Å². The van der Waals surface area contributed by atoms with Gasteiger partial charge in [0.2, 0.25) is 11.7 Å². The van der Waals surface area contributed by atoms with E-state index < -0.39 is 17.8 Å². The van der Waals surface area contributed by atoms with Crippen LogP contribution in [0.3, 0.4) is 0 Å². The number of nitrogens with two attached hydrogens (primary N) is 1. The summed E-state index contributed by atoms with van der Waals surface area (Å²) in [7, 11) is 1.48. The highest BCUT2D eigenvalue weighted by Gasteiger charge is 2.39. The van der Waals surface area contributed by atoms with Gasteiger partial charge in [-0.3, -0.25) is 9.59 Å². The summed E-state index contributed by atoms with van der Waals surface area (Å²) in [5, 5.41) is 5.18. The number of rotatable bonds is 7. The number of anilines is 1. The third-order valence-electron chi connectivity index (χ3n) is 3.96. The van der Waals surface area contributed by atoms with Gasteiger partial charge in [-0.05, 0) is 31.5 Å². The van der Waals surface area contributed by atoms with Gasteiger partial charge in [0.15, 0.2) is 6.04 Å². The number of nitrogen functional groups attached to an aromatic ring is 1. The summed E-state index contributed by atoms with van der Waals surface area (Å²) in [5.74, 6) is -0.876. The van der Waals surface area contributed by atoms with E-state index in [1.165, 1.54) is 13.2 Å². The maximum absolute atomic E-state index is 12.8. The second-order valence-corrected chi connectivity index (χ2v) is 5.79. The molecule has 1 unspecified atom stereocenters. The van der Waals surface area contributed by atoms with E-state index >= 15 is 0 Å². The number of benzene rings is 1. The summed E-state index contributed by atoms with van der Waals surface area (Å²) in [6.45, 7) is 3.70. The zero-order valence-corrected chi connectivity index (χ0v) is 15.2. The Hall–Kier alpha value is -2.90. The SMILES string of the molecule is CCCC(=O)N1N=C(C(=O)c2cc(OC)ccc2N)CC1C(=O)OCC. The molecule has 0 bridgehead atoms. The molecule has 0 fully saturated rings. The highest BCUT2D eigenvalue weighted by molar-refractivity contribution is 6.47. The van der Waals surface area contributed by atoms with Crippen molar-refractivity contribution >= 4 is 29.1 Å². The van der Waals surface area contributed by atoms with Crippen LogP contribution in [-0.2, 0) is 14.3 Å². The highest BCUT2D eigenvalue weighted by atomic mass is 16.5. The molecule has 1 heterocycles. The molecule has 2 rings (SSSR count). The van der Waals surface area contributed by atoms with E-state index in [1.807, 2.05) is 6.92 Å². The number of esters is 1. The van der Waals surface area contributed by atoms with Crippen LogP contribution in [0.15, 0.2) is 23.3 Å². The first-order chi connectivity index (χ1) is 12.4. The summed E-state index contributed by atoms with van der Waals surface area (Å²) >= 11 is 0. The third-order valence-corrected chi connectivity index (χ3v) is 3.96. The maximum Gasteiger partial charge on any atom is 0.331 e. The lowest BCUT2D eigenvalue weighted by molar-refractivity contribution is -0.153. The molecule has 0 spiro atoms. The van der Waals surface area contributed by atoms with Crippen LogP contribution in [0.2, 0.25) is 0 Å². The summed E-state index contributed by atoms with van der Waals surface area (Å²) in [6.07, 6.45) is 0.818. The minimum atomic E-state index is -0.931. The lowest BCUT2D eigenvalue weighted by Crippen LogP contribution is -2.39. The van der Waals surface area contributed by atoms with Gasteiger partial charge in [0.05, 0.1) is 19.3 Å². The summed E-state index contributed by atoms with van der Waals surface area (Å²) in [5.41, 5.74) is 6.47. The van der Waals surface area contributed by atoms with Crippen molar-refractivity contribution in [1.29, 1.82) is 0 Å². The Balaban J connectivity index is 2.33. The van der Waals surface area contributed by atoms with Crippen molar-refractivity contribution in [2.45, 2.75) is 39.2 Å². The molecule has 1 aromatic carbocycles. The Bertz CT molecular complexity index is 744. The summed E-state index contributed by atoms with van der Waals surface area (Å²) < 4.78 is 10.1. The first-order valence-electron chi connectivity index (χ1n) is 8.47. The molecular formula is C18H23N3O5. The molecule has 2 N–H and O–H groups in total. The monoisotopic (exact) mass is 361 g/mol. The molecule has 1 amide bonds. The van der Waals surface area contributed by atoms with Crippen molar-refractivity contribution in [2.75, 3.05) is 19.5 Å². The van der Waals surface area contributed by atoms with Crippen LogP contribution in [0.5, 0.6) is 5.75 Å². The van der Waals surface area contributed by atoms with Crippen LogP contribution in [-0.4, -0.2) is 48.1 Å². The fourth-order valence-corrected chi connectivity index (χ4v) is 2.64. The minimum Gasteiger partial charge on any atom is -0.497 e. The average Bonchev–Trinajstić information content (AvgIpc) is 3.07. The van der Waals surface area contributed by atoms with E-state index in [4.69, 9.17) is 15.2 Å². The topological polar surface area (TPSA) is 111 Å². The van der Waals surface area contributed by atoms with Crippen LogP contribution in [0, 0.1) is 0 Å². The fraction of sp³-hybridized carbons (Fsp3) is 0.444. The molecule has 1 aromatic rings. The zero-order valence-electron chi connectivity index (χ0n) is 15.2. The Labute approximate surface area is 151 Å². The Kier molecular flexibility index (Phi) is 6.32. The largest absolute Gasteiger partial charge is 0.497 e. The first-order valence-corrected chi connectivity index (χ1v) is 8.47. The van der Waals surface area contributed by atoms with E-state index in [-0.39, 0.29) is 42.3 Å². The average molecular weight is 361 g/mol. The van der Waals surface area contributed by atoms with Crippen LogP contribution < -0.4 is 10.5 Å². The molecule has 0 saturated heterocycles. The van der Waals surface area contributed by atoms with Crippen molar-refractivity contribution in [2.24, 2.45) is 5.10 Å². The number of hydrazone groups is 1. The molecule has 0 aromatic heterocycles. The molecule has 1 atom stereocenters. The smallest absolute Gasteiger partial charge is 0.331 e. The second kappa shape index (κ2) is 8.46. The number of carbonyl (C=O) groups is 3. The molecule has 1 aliphatic heterocycles.